The summed E-state index contributed by atoms with van der Waals surface area (Å²) in [5.74, 6) is 0.612. The Labute approximate surface area is 176 Å². The van der Waals surface area contributed by atoms with Crippen molar-refractivity contribution in [2.75, 3.05) is 64.8 Å². The van der Waals surface area contributed by atoms with Crippen LogP contribution < -0.4 is 0 Å². The molecule has 3 saturated heterocycles. The Bertz CT molecular complexity index is 757. The Hall–Kier alpha value is -1.71. The van der Waals surface area contributed by atoms with Gasteiger partial charge in [0.2, 0.25) is 11.8 Å². The van der Waals surface area contributed by atoms with Gasteiger partial charge < -0.3 is 14.5 Å². The number of carbonyl (C=O) groups excluding carboxylic acids is 2. The van der Waals surface area contributed by atoms with Crippen molar-refractivity contribution < 1.29 is 14.3 Å². The fourth-order valence-corrected chi connectivity index (χ4v) is 5.15. The van der Waals surface area contributed by atoms with Crippen molar-refractivity contribution in [1.82, 2.24) is 24.7 Å². The molecule has 0 bridgehead atoms. The van der Waals surface area contributed by atoms with Crippen LogP contribution in [-0.2, 0) is 14.3 Å². The van der Waals surface area contributed by atoms with Crippen molar-refractivity contribution in [3.63, 3.8) is 0 Å². The van der Waals surface area contributed by atoms with Gasteiger partial charge in [-0.25, -0.2) is 9.97 Å². The van der Waals surface area contributed by atoms with Gasteiger partial charge in [-0.2, -0.15) is 0 Å². The van der Waals surface area contributed by atoms with Gasteiger partial charge in [0, 0.05) is 57.7 Å². The lowest BCUT2D eigenvalue weighted by Crippen LogP contribution is -2.44. The van der Waals surface area contributed by atoms with E-state index in [-0.39, 0.29) is 17.2 Å². The predicted molar refractivity (Wildman–Crippen MR) is 110 cm³/mol. The summed E-state index contributed by atoms with van der Waals surface area (Å²) < 4.78 is 5.39. The first-order chi connectivity index (χ1) is 14.1. The van der Waals surface area contributed by atoms with Crippen molar-refractivity contribution in [2.24, 2.45) is 5.41 Å². The van der Waals surface area contributed by atoms with E-state index >= 15 is 0 Å². The Morgan fingerprint density at radius 1 is 1.21 bits per heavy atom. The van der Waals surface area contributed by atoms with Gasteiger partial charge in [-0.1, -0.05) is 11.8 Å². The number of nitrogens with zero attached hydrogens (tertiary/aromatic N) is 5. The summed E-state index contributed by atoms with van der Waals surface area (Å²) in [4.78, 5) is 40.5. The summed E-state index contributed by atoms with van der Waals surface area (Å²) in [6.07, 6.45) is 3.34. The first-order valence-corrected chi connectivity index (χ1v) is 11.3. The molecule has 0 aromatic carbocycles. The lowest BCUT2D eigenvalue weighted by molar-refractivity contribution is -0.136. The quantitative estimate of drug-likeness (QED) is 0.495. The van der Waals surface area contributed by atoms with E-state index in [1.54, 1.807) is 6.20 Å². The number of thioether (sulfide) groups is 1. The lowest BCUT2D eigenvalue weighted by Gasteiger charge is -2.29. The number of aryl methyl sites for hydroxylation is 1. The minimum atomic E-state index is -0.370. The van der Waals surface area contributed by atoms with E-state index in [1.165, 1.54) is 11.8 Å². The van der Waals surface area contributed by atoms with Crippen molar-refractivity contribution in [1.29, 1.82) is 0 Å². The fourth-order valence-electron chi connectivity index (χ4n) is 4.37. The van der Waals surface area contributed by atoms with Gasteiger partial charge in [-0.15, -0.1) is 0 Å². The molecule has 1 unspecified atom stereocenters. The van der Waals surface area contributed by atoms with Gasteiger partial charge in [-0.05, 0) is 25.8 Å². The number of rotatable bonds is 6. The van der Waals surface area contributed by atoms with Crippen LogP contribution in [0.4, 0.5) is 0 Å². The number of hydrogen-bond acceptors (Lipinski definition) is 7. The average molecular weight is 420 g/mol. The van der Waals surface area contributed by atoms with E-state index in [0.29, 0.717) is 24.0 Å². The number of morpholine rings is 1. The Balaban J connectivity index is 1.26. The number of amides is 2. The van der Waals surface area contributed by atoms with Crippen LogP contribution in [0.5, 0.6) is 0 Å². The smallest absolute Gasteiger partial charge is 0.233 e. The zero-order chi connectivity index (χ0) is 20.3. The van der Waals surface area contributed by atoms with Crippen molar-refractivity contribution >= 4 is 23.6 Å². The van der Waals surface area contributed by atoms with E-state index in [9.17, 15) is 9.59 Å². The van der Waals surface area contributed by atoms with E-state index in [0.717, 1.165) is 64.5 Å². The molecule has 0 saturated carbocycles. The summed E-state index contributed by atoms with van der Waals surface area (Å²) in [5.41, 5.74) is 0.523. The molecular formula is C20H29N5O3S. The summed E-state index contributed by atoms with van der Waals surface area (Å²) in [7, 11) is 0. The minimum Gasteiger partial charge on any atom is -0.379 e. The van der Waals surface area contributed by atoms with Crippen molar-refractivity contribution in [3.05, 3.63) is 18.0 Å². The molecule has 9 heteroatoms. The average Bonchev–Trinajstić information content (AvgIpc) is 3.30. The van der Waals surface area contributed by atoms with E-state index in [1.807, 2.05) is 22.8 Å². The summed E-state index contributed by atoms with van der Waals surface area (Å²) in [5, 5.41) is 0.624. The third kappa shape index (κ3) is 4.73. The van der Waals surface area contributed by atoms with Crippen LogP contribution in [0.2, 0.25) is 0 Å². The minimum absolute atomic E-state index is 0.0662. The fraction of sp³-hybridized carbons (Fsp3) is 0.700. The molecule has 1 aromatic heterocycles. The van der Waals surface area contributed by atoms with E-state index < -0.39 is 0 Å². The van der Waals surface area contributed by atoms with Crippen LogP contribution in [0.1, 0.15) is 18.5 Å². The molecule has 29 heavy (non-hydrogen) atoms. The molecular weight excluding hydrogens is 390 g/mol. The van der Waals surface area contributed by atoms with Crippen LogP contribution in [-0.4, -0.2) is 101 Å². The van der Waals surface area contributed by atoms with Crippen LogP contribution in [0, 0.1) is 12.3 Å². The predicted octanol–water partition coefficient (Wildman–Crippen LogP) is 0.660. The SMILES string of the molecule is Cc1ccnc(SCC(=O)N2CCC3(CCN(CCN4CCOCC4)C3=O)C2)n1. The molecule has 4 heterocycles. The second-order valence-electron chi connectivity index (χ2n) is 8.11. The normalized spacial score (nSPS) is 25.3. The molecule has 3 aliphatic heterocycles. The Kier molecular flexibility index (Phi) is 6.36. The van der Waals surface area contributed by atoms with Gasteiger partial charge in [-0.3, -0.25) is 14.5 Å². The highest BCUT2D eigenvalue weighted by Gasteiger charge is 2.51. The summed E-state index contributed by atoms with van der Waals surface area (Å²) in [6, 6.07) is 1.84. The largest absolute Gasteiger partial charge is 0.379 e. The molecule has 0 radical (unpaired) electrons. The van der Waals surface area contributed by atoms with Gasteiger partial charge in [0.15, 0.2) is 5.16 Å². The van der Waals surface area contributed by atoms with E-state index in [4.69, 9.17) is 4.74 Å². The third-order valence-corrected chi connectivity index (χ3v) is 7.04. The maximum absolute atomic E-state index is 13.1. The van der Waals surface area contributed by atoms with Crippen LogP contribution >= 0.6 is 11.8 Å². The van der Waals surface area contributed by atoms with Crippen molar-refractivity contribution in [2.45, 2.75) is 24.9 Å². The van der Waals surface area contributed by atoms with Gasteiger partial charge in [0.05, 0.1) is 24.4 Å². The molecule has 2 amide bonds. The molecule has 4 rings (SSSR count). The molecule has 1 spiro atoms. The molecule has 1 atom stereocenters. The molecule has 1 aromatic rings. The molecule has 0 N–H and O–H groups in total. The Morgan fingerprint density at radius 2 is 2.00 bits per heavy atom. The van der Waals surface area contributed by atoms with Gasteiger partial charge >= 0.3 is 0 Å². The summed E-state index contributed by atoms with van der Waals surface area (Å²) in [6.45, 7) is 9.04. The first-order valence-electron chi connectivity index (χ1n) is 10.4. The van der Waals surface area contributed by atoms with Gasteiger partial charge in [0.1, 0.15) is 0 Å². The zero-order valence-corrected chi connectivity index (χ0v) is 17.8. The molecule has 3 aliphatic rings. The number of likely N-dealkylation sites (tertiary alicyclic amines) is 2. The zero-order valence-electron chi connectivity index (χ0n) is 17.0. The molecule has 0 aliphatic carbocycles. The topological polar surface area (TPSA) is 78.9 Å². The van der Waals surface area contributed by atoms with Gasteiger partial charge in [0.25, 0.3) is 0 Å². The third-order valence-electron chi connectivity index (χ3n) is 6.19. The number of ether oxygens (including phenoxy) is 1. The standard InChI is InChI=1S/C20H29N5O3S/c1-16-2-5-21-19(22-16)29-14-17(26)25-7-4-20(15-25)3-6-24(18(20)27)9-8-23-10-12-28-13-11-23/h2,5H,3-4,6-15H2,1H3. The van der Waals surface area contributed by atoms with E-state index in [2.05, 4.69) is 14.9 Å². The maximum atomic E-state index is 13.1. The number of aromatic nitrogens is 2. The lowest BCUT2D eigenvalue weighted by atomic mass is 9.85. The number of carbonyl (C=O) groups is 2. The Morgan fingerprint density at radius 3 is 2.79 bits per heavy atom. The highest BCUT2D eigenvalue weighted by atomic mass is 32.2. The maximum Gasteiger partial charge on any atom is 0.233 e. The molecule has 158 valence electrons. The highest BCUT2D eigenvalue weighted by molar-refractivity contribution is 7.99. The number of hydrogen-bond donors (Lipinski definition) is 0. The van der Waals surface area contributed by atoms with Crippen LogP contribution in [0.25, 0.3) is 0 Å². The molecule has 3 fully saturated rings. The monoisotopic (exact) mass is 419 g/mol. The molecule has 8 nitrogen and oxygen atoms in total. The summed E-state index contributed by atoms with van der Waals surface area (Å²) >= 11 is 1.36. The van der Waals surface area contributed by atoms with Crippen LogP contribution in [0.3, 0.4) is 0 Å². The van der Waals surface area contributed by atoms with Crippen molar-refractivity contribution in [3.8, 4) is 0 Å². The highest BCUT2D eigenvalue weighted by Crippen LogP contribution is 2.40. The van der Waals surface area contributed by atoms with Crippen LogP contribution in [0.15, 0.2) is 17.4 Å². The second kappa shape index (κ2) is 8.97. The first kappa shape index (κ1) is 20.6. The second-order valence-corrected chi connectivity index (χ2v) is 9.05.